The molecular weight excluding hydrogens is 330 g/mol. The number of anilines is 2. The summed E-state index contributed by atoms with van der Waals surface area (Å²) in [5.74, 6) is 1.20. The van der Waals surface area contributed by atoms with Crippen LogP contribution in [0.4, 0.5) is 11.5 Å². The first-order valence-corrected chi connectivity index (χ1v) is 8.81. The van der Waals surface area contributed by atoms with Gasteiger partial charge in [0.25, 0.3) is 5.56 Å². The molecule has 3 rings (SSSR count). The van der Waals surface area contributed by atoms with Gasteiger partial charge in [-0.05, 0) is 45.1 Å². The van der Waals surface area contributed by atoms with E-state index in [1.54, 1.807) is 17.9 Å². The molecular formula is C19H23N5O2. The van der Waals surface area contributed by atoms with Crippen LogP contribution in [0.1, 0.15) is 49.2 Å². The standard InChI is InChI=1S/C19H23N5O2/c1-5-16(13-6-7-13)24-10-14(9-20)22-17(19(24)25)23-15-8-11(2)18(26-4)21-12(15)3/h8,10,13,16H,5-7H2,1-4H3,(H,22,23)/t16-/m1/s1. The SMILES string of the molecule is CC[C@H](C1CC1)n1cc(C#N)nc(Nc2cc(C)c(OC)nc2C)c1=O. The summed E-state index contributed by atoms with van der Waals surface area (Å²) in [6, 6.07) is 4.03. The normalized spacial score (nSPS) is 14.6. The van der Waals surface area contributed by atoms with Gasteiger partial charge in [-0.25, -0.2) is 9.97 Å². The van der Waals surface area contributed by atoms with Crippen molar-refractivity contribution >= 4 is 11.5 Å². The summed E-state index contributed by atoms with van der Waals surface area (Å²) in [4.78, 5) is 21.6. The van der Waals surface area contributed by atoms with Crippen LogP contribution in [0.2, 0.25) is 0 Å². The summed E-state index contributed by atoms with van der Waals surface area (Å²) < 4.78 is 6.90. The van der Waals surface area contributed by atoms with Crippen LogP contribution in [0, 0.1) is 31.1 Å². The van der Waals surface area contributed by atoms with Gasteiger partial charge < -0.3 is 14.6 Å². The van der Waals surface area contributed by atoms with Gasteiger partial charge in [0.15, 0.2) is 11.5 Å². The van der Waals surface area contributed by atoms with Crippen LogP contribution in [-0.4, -0.2) is 21.6 Å². The van der Waals surface area contributed by atoms with E-state index < -0.39 is 0 Å². The van der Waals surface area contributed by atoms with E-state index >= 15 is 0 Å². The van der Waals surface area contributed by atoms with E-state index in [1.807, 2.05) is 19.9 Å². The molecule has 2 aromatic rings. The van der Waals surface area contributed by atoms with Gasteiger partial charge in [-0.15, -0.1) is 0 Å². The number of pyridine rings is 1. The highest BCUT2D eigenvalue weighted by atomic mass is 16.5. The molecule has 1 fully saturated rings. The third-order valence-corrected chi connectivity index (χ3v) is 4.79. The fourth-order valence-corrected chi connectivity index (χ4v) is 3.27. The number of hydrogen-bond acceptors (Lipinski definition) is 6. The number of nitrogens with zero attached hydrogens (tertiary/aromatic N) is 4. The van der Waals surface area contributed by atoms with Crippen molar-refractivity contribution in [1.29, 1.82) is 5.26 Å². The second kappa shape index (κ2) is 7.16. The van der Waals surface area contributed by atoms with E-state index in [4.69, 9.17) is 4.74 Å². The molecule has 1 aliphatic rings. The molecule has 1 saturated carbocycles. The van der Waals surface area contributed by atoms with Crippen LogP contribution in [0.25, 0.3) is 0 Å². The maximum absolute atomic E-state index is 13.0. The van der Waals surface area contributed by atoms with Crippen LogP contribution in [0.5, 0.6) is 5.88 Å². The van der Waals surface area contributed by atoms with E-state index in [0.717, 1.165) is 24.8 Å². The smallest absolute Gasteiger partial charge is 0.294 e. The molecule has 0 radical (unpaired) electrons. The lowest BCUT2D eigenvalue weighted by Gasteiger charge is -2.19. The fraction of sp³-hybridized carbons (Fsp3) is 0.474. The van der Waals surface area contributed by atoms with Crippen molar-refractivity contribution in [2.75, 3.05) is 12.4 Å². The minimum Gasteiger partial charge on any atom is -0.481 e. The van der Waals surface area contributed by atoms with Crippen LogP contribution < -0.4 is 15.6 Å². The number of aryl methyl sites for hydroxylation is 2. The lowest BCUT2D eigenvalue weighted by atomic mass is 10.1. The Kier molecular flexibility index (Phi) is 4.94. The molecule has 7 nitrogen and oxygen atoms in total. The summed E-state index contributed by atoms with van der Waals surface area (Å²) in [5, 5.41) is 12.4. The number of nitrogens with one attached hydrogen (secondary N) is 1. The molecule has 0 bridgehead atoms. The Labute approximate surface area is 152 Å². The molecule has 0 amide bonds. The summed E-state index contributed by atoms with van der Waals surface area (Å²) in [6.07, 6.45) is 4.67. The van der Waals surface area contributed by atoms with Gasteiger partial charge in [0.1, 0.15) is 6.07 Å². The monoisotopic (exact) mass is 353 g/mol. The number of methoxy groups -OCH3 is 1. The van der Waals surface area contributed by atoms with Crippen LogP contribution >= 0.6 is 0 Å². The molecule has 0 aliphatic heterocycles. The quantitative estimate of drug-likeness (QED) is 0.857. The lowest BCUT2D eigenvalue weighted by Crippen LogP contribution is -2.29. The Balaban J connectivity index is 2.04. The van der Waals surface area contributed by atoms with Gasteiger partial charge >= 0.3 is 0 Å². The summed E-state index contributed by atoms with van der Waals surface area (Å²) in [6.45, 7) is 5.78. The van der Waals surface area contributed by atoms with E-state index in [9.17, 15) is 10.1 Å². The summed E-state index contributed by atoms with van der Waals surface area (Å²) in [5.41, 5.74) is 2.23. The second-order valence-electron chi connectivity index (χ2n) is 6.68. The highest BCUT2D eigenvalue weighted by Gasteiger charge is 2.32. The fourth-order valence-electron chi connectivity index (χ4n) is 3.27. The van der Waals surface area contributed by atoms with Gasteiger partial charge in [0.05, 0.1) is 18.5 Å². The van der Waals surface area contributed by atoms with Crippen LogP contribution in [0.15, 0.2) is 17.1 Å². The molecule has 26 heavy (non-hydrogen) atoms. The number of aromatic nitrogens is 3. The summed E-state index contributed by atoms with van der Waals surface area (Å²) in [7, 11) is 1.57. The predicted octanol–water partition coefficient (Wildman–Crippen LogP) is 3.24. The molecule has 7 heteroatoms. The number of hydrogen-bond donors (Lipinski definition) is 1. The number of rotatable bonds is 6. The molecule has 1 aliphatic carbocycles. The Hall–Kier alpha value is -2.88. The van der Waals surface area contributed by atoms with Gasteiger partial charge in [-0.3, -0.25) is 4.79 Å². The van der Waals surface area contributed by atoms with Crippen molar-refractivity contribution < 1.29 is 4.74 Å². The number of nitriles is 1. The number of ether oxygens (including phenoxy) is 1. The average molecular weight is 353 g/mol. The zero-order chi connectivity index (χ0) is 18.8. The molecule has 0 spiro atoms. The van der Waals surface area contributed by atoms with Gasteiger partial charge in [0, 0.05) is 17.8 Å². The van der Waals surface area contributed by atoms with Crippen molar-refractivity contribution in [3.8, 4) is 11.9 Å². The minimum absolute atomic E-state index is 0.106. The molecule has 0 saturated heterocycles. The largest absolute Gasteiger partial charge is 0.481 e. The van der Waals surface area contributed by atoms with Crippen molar-refractivity contribution in [3.05, 3.63) is 39.6 Å². The van der Waals surface area contributed by atoms with Crippen molar-refractivity contribution in [3.63, 3.8) is 0 Å². The van der Waals surface area contributed by atoms with E-state index in [2.05, 4.69) is 28.3 Å². The predicted molar refractivity (Wildman–Crippen MR) is 98.8 cm³/mol. The Morgan fingerprint density at radius 3 is 2.73 bits per heavy atom. The molecule has 0 unspecified atom stereocenters. The third kappa shape index (κ3) is 3.40. The first-order valence-electron chi connectivity index (χ1n) is 8.81. The first kappa shape index (κ1) is 17.9. The lowest BCUT2D eigenvalue weighted by molar-refractivity contribution is 0.394. The summed E-state index contributed by atoms with van der Waals surface area (Å²) >= 11 is 0. The highest BCUT2D eigenvalue weighted by molar-refractivity contribution is 5.60. The molecule has 2 aromatic heterocycles. The Bertz CT molecular complexity index is 925. The molecule has 2 heterocycles. The molecule has 1 N–H and O–H groups in total. The average Bonchev–Trinajstić information content (AvgIpc) is 3.46. The van der Waals surface area contributed by atoms with E-state index in [-0.39, 0.29) is 23.1 Å². The van der Waals surface area contributed by atoms with Crippen molar-refractivity contribution in [1.82, 2.24) is 14.5 Å². The van der Waals surface area contributed by atoms with Gasteiger partial charge in [-0.1, -0.05) is 6.92 Å². The Morgan fingerprint density at radius 2 is 2.15 bits per heavy atom. The highest BCUT2D eigenvalue weighted by Crippen LogP contribution is 2.41. The van der Waals surface area contributed by atoms with Crippen molar-refractivity contribution in [2.45, 2.75) is 46.1 Å². The maximum Gasteiger partial charge on any atom is 0.294 e. The zero-order valence-electron chi connectivity index (χ0n) is 15.5. The minimum atomic E-state index is -0.212. The van der Waals surface area contributed by atoms with E-state index in [1.165, 1.54) is 0 Å². The van der Waals surface area contributed by atoms with Gasteiger partial charge in [-0.2, -0.15) is 5.26 Å². The molecule has 136 valence electrons. The zero-order valence-corrected chi connectivity index (χ0v) is 15.5. The second-order valence-corrected chi connectivity index (χ2v) is 6.68. The van der Waals surface area contributed by atoms with Crippen LogP contribution in [-0.2, 0) is 0 Å². The third-order valence-electron chi connectivity index (χ3n) is 4.79. The van der Waals surface area contributed by atoms with Crippen molar-refractivity contribution in [2.24, 2.45) is 5.92 Å². The maximum atomic E-state index is 13.0. The topological polar surface area (TPSA) is 92.8 Å². The Morgan fingerprint density at radius 1 is 1.42 bits per heavy atom. The van der Waals surface area contributed by atoms with Gasteiger partial charge in [0.2, 0.25) is 5.88 Å². The molecule has 0 aromatic carbocycles. The molecule has 1 atom stereocenters. The van der Waals surface area contributed by atoms with E-state index in [0.29, 0.717) is 23.2 Å². The van der Waals surface area contributed by atoms with Crippen LogP contribution in [0.3, 0.4) is 0 Å². The first-order chi connectivity index (χ1) is 12.5.